The fourth-order valence-electron chi connectivity index (χ4n) is 2.34. The van der Waals surface area contributed by atoms with Gasteiger partial charge in [0.1, 0.15) is 5.75 Å². The molecule has 1 aliphatic rings. The molecular formula is C15H22N2O2. The van der Waals surface area contributed by atoms with Crippen LogP contribution in [0, 0.1) is 0 Å². The van der Waals surface area contributed by atoms with Crippen molar-refractivity contribution in [2.24, 2.45) is 0 Å². The summed E-state index contributed by atoms with van der Waals surface area (Å²) in [6, 6.07) is 7.72. The van der Waals surface area contributed by atoms with E-state index >= 15 is 0 Å². The zero-order chi connectivity index (χ0) is 13.7. The van der Waals surface area contributed by atoms with Crippen molar-refractivity contribution in [1.82, 2.24) is 9.80 Å². The maximum Gasteiger partial charge on any atom is 0.227 e. The number of hydrogen-bond donors (Lipinski definition) is 0. The summed E-state index contributed by atoms with van der Waals surface area (Å²) in [5.74, 6) is 1.05. The van der Waals surface area contributed by atoms with Crippen molar-refractivity contribution in [1.29, 1.82) is 0 Å². The Morgan fingerprint density at radius 1 is 1.16 bits per heavy atom. The van der Waals surface area contributed by atoms with Crippen LogP contribution in [0.25, 0.3) is 0 Å². The lowest BCUT2D eigenvalue weighted by molar-refractivity contribution is -0.132. The van der Waals surface area contributed by atoms with Crippen molar-refractivity contribution in [2.75, 3.05) is 39.8 Å². The molecule has 1 aromatic rings. The molecule has 4 nitrogen and oxygen atoms in total. The van der Waals surface area contributed by atoms with Crippen LogP contribution >= 0.6 is 0 Å². The molecule has 2 rings (SSSR count). The van der Waals surface area contributed by atoms with E-state index in [0.29, 0.717) is 6.42 Å². The van der Waals surface area contributed by atoms with E-state index in [2.05, 4.69) is 11.8 Å². The van der Waals surface area contributed by atoms with Gasteiger partial charge < -0.3 is 14.5 Å². The number of nitrogens with zero attached hydrogens (tertiary/aromatic N) is 2. The minimum absolute atomic E-state index is 0.223. The standard InChI is InChI=1S/C15H22N2O2/c1-3-16-8-10-17(11-9-16)15(18)12-13-4-6-14(19-2)7-5-13/h4-7H,3,8-12H2,1-2H3. The highest BCUT2D eigenvalue weighted by Gasteiger charge is 2.19. The van der Waals surface area contributed by atoms with Crippen LogP contribution in [0.2, 0.25) is 0 Å². The second kappa shape index (κ2) is 6.57. The van der Waals surface area contributed by atoms with Crippen molar-refractivity contribution in [2.45, 2.75) is 13.3 Å². The van der Waals surface area contributed by atoms with Crippen LogP contribution in [-0.2, 0) is 11.2 Å². The summed E-state index contributed by atoms with van der Waals surface area (Å²) in [7, 11) is 1.65. The van der Waals surface area contributed by atoms with Crippen molar-refractivity contribution >= 4 is 5.91 Å². The Bertz CT molecular complexity index is 409. The number of carbonyl (C=O) groups excluding carboxylic acids is 1. The van der Waals surface area contributed by atoms with Gasteiger partial charge in [0.15, 0.2) is 0 Å². The molecule has 0 aromatic heterocycles. The number of benzene rings is 1. The predicted octanol–water partition coefficient (Wildman–Crippen LogP) is 1.40. The first-order chi connectivity index (χ1) is 9.22. The highest BCUT2D eigenvalue weighted by molar-refractivity contribution is 5.78. The zero-order valence-corrected chi connectivity index (χ0v) is 11.8. The van der Waals surface area contributed by atoms with Crippen LogP contribution in [0.4, 0.5) is 0 Å². The Morgan fingerprint density at radius 2 is 1.79 bits per heavy atom. The molecule has 0 N–H and O–H groups in total. The Morgan fingerprint density at radius 3 is 2.32 bits per heavy atom. The van der Waals surface area contributed by atoms with Crippen molar-refractivity contribution in [3.8, 4) is 5.75 Å². The molecule has 1 aromatic carbocycles. The summed E-state index contributed by atoms with van der Waals surface area (Å²) in [4.78, 5) is 16.5. The van der Waals surface area contributed by atoms with Gasteiger partial charge in [-0.2, -0.15) is 0 Å². The Labute approximate surface area is 115 Å². The Hall–Kier alpha value is -1.55. The van der Waals surface area contributed by atoms with E-state index < -0.39 is 0 Å². The van der Waals surface area contributed by atoms with Crippen LogP contribution in [-0.4, -0.2) is 55.5 Å². The first-order valence-electron chi connectivity index (χ1n) is 6.86. The SMILES string of the molecule is CCN1CCN(C(=O)Cc2ccc(OC)cc2)CC1. The van der Waals surface area contributed by atoms with E-state index in [9.17, 15) is 4.79 Å². The fourth-order valence-corrected chi connectivity index (χ4v) is 2.34. The molecule has 0 saturated carbocycles. The lowest BCUT2D eigenvalue weighted by Crippen LogP contribution is -2.48. The molecular weight excluding hydrogens is 240 g/mol. The maximum absolute atomic E-state index is 12.2. The van der Waals surface area contributed by atoms with Gasteiger partial charge in [0.2, 0.25) is 5.91 Å². The molecule has 0 bridgehead atoms. The van der Waals surface area contributed by atoms with Gasteiger partial charge in [0.05, 0.1) is 13.5 Å². The largest absolute Gasteiger partial charge is 0.497 e. The minimum atomic E-state index is 0.223. The van der Waals surface area contributed by atoms with Gasteiger partial charge in [-0.15, -0.1) is 0 Å². The summed E-state index contributed by atoms with van der Waals surface area (Å²) < 4.78 is 5.11. The predicted molar refractivity (Wildman–Crippen MR) is 75.4 cm³/mol. The number of ether oxygens (including phenoxy) is 1. The van der Waals surface area contributed by atoms with Crippen molar-refractivity contribution < 1.29 is 9.53 Å². The monoisotopic (exact) mass is 262 g/mol. The number of amides is 1. The summed E-state index contributed by atoms with van der Waals surface area (Å²) >= 11 is 0. The van der Waals surface area contributed by atoms with Crippen molar-refractivity contribution in [3.63, 3.8) is 0 Å². The molecule has 0 spiro atoms. The fraction of sp³-hybridized carbons (Fsp3) is 0.533. The van der Waals surface area contributed by atoms with Gasteiger partial charge in [-0.3, -0.25) is 4.79 Å². The molecule has 4 heteroatoms. The Kier molecular flexibility index (Phi) is 4.80. The molecule has 1 fully saturated rings. The summed E-state index contributed by atoms with van der Waals surface area (Å²) in [6.07, 6.45) is 0.482. The molecule has 1 amide bonds. The maximum atomic E-state index is 12.2. The smallest absolute Gasteiger partial charge is 0.227 e. The molecule has 0 unspecified atom stereocenters. The van der Waals surface area contributed by atoms with Gasteiger partial charge in [-0.05, 0) is 24.2 Å². The quantitative estimate of drug-likeness (QED) is 0.822. The third-order valence-corrected chi connectivity index (χ3v) is 3.69. The van der Waals surface area contributed by atoms with Gasteiger partial charge in [-0.25, -0.2) is 0 Å². The van der Waals surface area contributed by atoms with E-state index in [4.69, 9.17) is 4.74 Å². The number of methoxy groups -OCH3 is 1. The van der Waals surface area contributed by atoms with E-state index in [1.165, 1.54) is 0 Å². The molecule has 0 radical (unpaired) electrons. The zero-order valence-electron chi connectivity index (χ0n) is 11.8. The molecule has 1 heterocycles. The molecule has 0 atom stereocenters. The van der Waals surface area contributed by atoms with E-state index in [1.807, 2.05) is 29.2 Å². The van der Waals surface area contributed by atoms with E-state index in [-0.39, 0.29) is 5.91 Å². The van der Waals surface area contributed by atoms with Gasteiger partial charge in [-0.1, -0.05) is 19.1 Å². The van der Waals surface area contributed by atoms with Crippen molar-refractivity contribution in [3.05, 3.63) is 29.8 Å². The molecule has 1 aliphatic heterocycles. The third-order valence-electron chi connectivity index (χ3n) is 3.69. The average molecular weight is 262 g/mol. The second-order valence-corrected chi connectivity index (χ2v) is 4.84. The number of carbonyl (C=O) groups is 1. The lowest BCUT2D eigenvalue weighted by Gasteiger charge is -2.34. The van der Waals surface area contributed by atoms with Crippen LogP contribution in [0.5, 0.6) is 5.75 Å². The number of likely N-dealkylation sites (N-methyl/N-ethyl adjacent to an activating group) is 1. The van der Waals surface area contributed by atoms with Crippen LogP contribution in [0.3, 0.4) is 0 Å². The van der Waals surface area contributed by atoms with Crippen LogP contribution in [0.1, 0.15) is 12.5 Å². The Balaban J connectivity index is 1.86. The highest BCUT2D eigenvalue weighted by Crippen LogP contribution is 2.13. The lowest BCUT2D eigenvalue weighted by atomic mass is 10.1. The second-order valence-electron chi connectivity index (χ2n) is 4.84. The highest BCUT2D eigenvalue weighted by atomic mass is 16.5. The third kappa shape index (κ3) is 3.70. The van der Waals surface area contributed by atoms with E-state index in [1.54, 1.807) is 7.11 Å². The molecule has 104 valence electrons. The minimum Gasteiger partial charge on any atom is -0.497 e. The molecule has 1 saturated heterocycles. The average Bonchev–Trinajstić information content (AvgIpc) is 2.48. The van der Waals surface area contributed by atoms with E-state index in [0.717, 1.165) is 44.0 Å². The normalized spacial score (nSPS) is 16.4. The van der Waals surface area contributed by atoms with Crippen LogP contribution in [0.15, 0.2) is 24.3 Å². The number of piperazine rings is 1. The number of hydrogen-bond acceptors (Lipinski definition) is 3. The summed E-state index contributed by atoms with van der Waals surface area (Å²) in [5.41, 5.74) is 1.05. The first-order valence-corrected chi connectivity index (χ1v) is 6.86. The van der Waals surface area contributed by atoms with Crippen LogP contribution < -0.4 is 4.74 Å². The first kappa shape index (κ1) is 13.9. The molecule has 0 aliphatic carbocycles. The number of rotatable bonds is 4. The summed E-state index contributed by atoms with van der Waals surface area (Å²) in [5, 5.41) is 0. The molecule has 19 heavy (non-hydrogen) atoms. The van der Waals surface area contributed by atoms with Gasteiger partial charge in [0, 0.05) is 26.2 Å². The van der Waals surface area contributed by atoms with Gasteiger partial charge >= 0.3 is 0 Å². The summed E-state index contributed by atoms with van der Waals surface area (Å²) in [6.45, 7) is 6.91. The van der Waals surface area contributed by atoms with Gasteiger partial charge in [0.25, 0.3) is 0 Å². The topological polar surface area (TPSA) is 32.8 Å².